The average Bonchev–Trinajstić information content (AvgIpc) is 2.79. The zero-order chi connectivity index (χ0) is 21.3. The van der Waals surface area contributed by atoms with Crippen molar-refractivity contribution in [3.05, 3.63) is 83.9 Å². The van der Waals surface area contributed by atoms with Gasteiger partial charge in [-0.25, -0.2) is 0 Å². The van der Waals surface area contributed by atoms with Crippen molar-refractivity contribution >= 4 is 5.91 Å². The van der Waals surface area contributed by atoms with E-state index in [2.05, 4.69) is 17.4 Å². The number of hydrogen-bond donors (Lipinski definition) is 1. The third kappa shape index (κ3) is 5.63. The predicted molar refractivity (Wildman–Crippen MR) is 121 cm³/mol. The third-order valence-corrected chi connectivity index (χ3v) is 4.97. The molecule has 0 aliphatic carbocycles. The molecule has 0 heterocycles. The van der Waals surface area contributed by atoms with E-state index in [0.717, 1.165) is 29.0 Å². The first kappa shape index (κ1) is 21.4. The van der Waals surface area contributed by atoms with Crippen LogP contribution in [0.3, 0.4) is 0 Å². The molecule has 0 saturated heterocycles. The van der Waals surface area contributed by atoms with Crippen molar-refractivity contribution < 1.29 is 14.3 Å². The van der Waals surface area contributed by atoms with Crippen LogP contribution in [0.1, 0.15) is 43.1 Å². The van der Waals surface area contributed by atoms with Gasteiger partial charge in [0.05, 0.1) is 6.61 Å². The normalized spacial score (nSPS) is 11.6. The first-order valence-electron chi connectivity index (χ1n) is 10.5. The molecule has 0 spiro atoms. The highest BCUT2D eigenvalue weighted by molar-refractivity contribution is 5.94. The molecule has 3 rings (SSSR count). The zero-order valence-electron chi connectivity index (χ0n) is 17.9. The standard InChI is InChI=1S/C26H29NO3/c1-4-19(3)27-26(28)22-13-16-25(29-5-2)23(17-22)18-30-24-14-11-21(12-15-24)20-9-7-6-8-10-20/h6-17,19H,4-5,18H2,1-3H3,(H,27,28)/t19-/m1/s1. The summed E-state index contributed by atoms with van der Waals surface area (Å²) in [6.07, 6.45) is 0.887. The molecule has 1 atom stereocenters. The summed E-state index contributed by atoms with van der Waals surface area (Å²) in [6.45, 7) is 6.86. The van der Waals surface area contributed by atoms with Gasteiger partial charge in [0.1, 0.15) is 18.1 Å². The first-order chi connectivity index (χ1) is 14.6. The summed E-state index contributed by atoms with van der Waals surface area (Å²) in [5, 5.41) is 3.00. The fraction of sp³-hybridized carbons (Fsp3) is 0.269. The Hall–Kier alpha value is -3.27. The quantitative estimate of drug-likeness (QED) is 0.487. The van der Waals surface area contributed by atoms with Gasteiger partial charge in [-0.3, -0.25) is 4.79 Å². The van der Waals surface area contributed by atoms with Crippen LogP contribution in [-0.2, 0) is 6.61 Å². The van der Waals surface area contributed by atoms with E-state index in [1.54, 1.807) is 6.07 Å². The molecule has 4 heteroatoms. The Balaban J connectivity index is 1.72. The lowest BCUT2D eigenvalue weighted by Crippen LogP contribution is -2.32. The summed E-state index contributed by atoms with van der Waals surface area (Å²) in [7, 11) is 0. The Morgan fingerprint density at radius 1 is 0.900 bits per heavy atom. The van der Waals surface area contributed by atoms with Gasteiger partial charge in [0.2, 0.25) is 0 Å². The Kier molecular flexibility index (Phi) is 7.50. The molecular formula is C26H29NO3. The molecule has 1 N–H and O–H groups in total. The molecule has 3 aromatic carbocycles. The van der Waals surface area contributed by atoms with Crippen LogP contribution in [0, 0.1) is 0 Å². The second-order valence-corrected chi connectivity index (χ2v) is 7.22. The minimum absolute atomic E-state index is 0.0825. The van der Waals surface area contributed by atoms with Crippen LogP contribution in [0.2, 0.25) is 0 Å². The smallest absolute Gasteiger partial charge is 0.251 e. The van der Waals surface area contributed by atoms with Crippen molar-refractivity contribution in [2.45, 2.75) is 39.8 Å². The van der Waals surface area contributed by atoms with E-state index in [1.165, 1.54) is 5.56 Å². The maximum Gasteiger partial charge on any atom is 0.251 e. The summed E-state index contributed by atoms with van der Waals surface area (Å²) in [4.78, 5) is 12.5. The molecular weight excluding hydrogens is 374 g/mol. The molecule has 0 aromatic heterocycles. The lowest BCUT2D eigenvalue weighted by Gasteiger charge is -2.15. The van der Waals surface area contributed by atoms with Crippen LogP contribution in [0.25, 0.3) is 11.1 Å². The van der Waals surface area contributed by atoms with Crippen molar-refractivity contribution in [1.29, 1.82) is 0 Å². The molecule has 156 valence electrons. The van der Waals surface area contributed by atoms with Crippen molar-refractivity contribution in [2.75, 3.05) is 6.61 Å². The largest absolute Gasteiger partial charge is 0.493 e. The van der Waals surface area contributed by atoms with Gasteiger partial charge >= 0.3 is 0 Å². The second-order valence-electron chi connectivity index (χ2n) is 7.22. The van der Waals surface area contributed by atoms with Gasteiger partial charge in [-0.2, -0.15) is 0 Å². The van der Waals surface area contributed by atoms with Crippen LogP contribution >= 0.6 is 0 Å². The molecule has 0 radical (unpaired) electrons. The Morgan fingerprint density at radius 3 is 2.27 bits per heavy atom. The number of hydrogen-bond acceptors (Lipinski definition) is 3. The molecule has 0 saturated carbocycles. The van der Waals surface area contributed by atoms with Gasteiger partial charge in [-0.15, -0.1) is 0 Å². The fourth-order valence-corrected chi connectivity index (χ4v) is 3.07. The van der Waals surface area contributed by atoms with Crippen LogP contribution in [0.15, 0.2) is 72.8 Å². The number of carbonyl (C=O) groups is 1. The number of ether oxygens (including phenoxy) is 2. The highest BCUT2D eigenvalue weighted by Gasteiger charge is 2.13. The predicted octanol–water partition coefficient (Wildman–Crippen LogP) is 5.86. The van der Waals surface area contributed by atoms with Gasteiger partial charge in [-0.1, -0.05) is 49.4 Å². The van der Waals surface area contributed by atoms with E-state index in [1.807, 2.05) is 75.4 Å². The molecule has 3 aromatic rings. The van der Waals surface area contributed by atoms with Crippen molar-refractivity contribution in [2.24, 2.45) is 0 Å². The Morgan fingerprint density at radius 2 is 1.60 bits per heavy atom. The van der Waals surface area contributed by atoms with Crippen LogP contribution in [0.5, 0.6) is 11.5 Å². The van der Waals surface area contributed by atoms with Gasteiger partial charge in [0.15, 0.2) is 0 Å². The fourth-order valence-electron chi connectivity index (χ4n) is 3.07. The van der Waals surface area contributed by atoms with Gasteiger partial charge < -0.3 is 14.8 Å². The lowest BCUT2D eigenvalue weighted by atomic mass is 10.1. The van der Waals surface area contributed by atoms with Gasteiger partial charge in [0.25, 0.3) is 5.91 Å². The number of nitrogens with one attached hydrogen (secondary N) is 1. The van der Waals surface area contributed by atoms with E-state index in [-0.39, 0.29) is 11.9 Å². The van der Waals surface area contributed by atoms with E-state index in [9.17, 15) is 4.79 Å². The van der Waals surface area contributed by atoms with E-state index in [4.69, 9.17) is 9.47 Å². The van der Waals surface area contributed by atoms with Gasteiger partial charge in [-0.05, 0) is 61.7 Å². The summed E-state index contributed by atoms with van der Waals surface area (Å²) in [5.74, 6) is 1.42. The topological polar surface area (TPSA) is 47.6 Å². The lowest BCUT2D eigenvalue weighted by molar-refractivity contribution is 0.0939. The maximum absolute atomic E-state index is 12.5. The third-order valence-electron chi connectivity index (χ3n) is 4.97. The molecule has 0 aliphatic rings. The van der Waals surface area contributed by atoms with E-state index < -0.39 is 0 Å². The monoisotopic (exact) mass is 403 g/mol. The van der Waals surface area contributed by atoms with Crippen molar-refractivity contribution in [3.8, 4) is 22.6 Å². The summed E-state index contributed by atoms with van der Waals surface area (Å²) >= 11 is 0. The molecule has 0 aliphatic heterocycles. The number of amides is 1. The number of rotatable bonds is 9. The van der Waals surface area contributed by atoms with Crippen LogP contribution in [0.4, 0.5) is 0 Å². The maximum atomic E-state index is 12.5. The van der Waals surface area contributed by atoms with Crippen LogP contribution < -0.4 is 14.8 Å². The number of carbonyl (C=O) groups excluding carboxylic acids is 1. The minimum Gasteiger partial charge on any atom is -0.493 e. The van der Waals surface area contributed by atoms with Crippen molar-refractivity contribution in [1.82, 2.24) is 5.32 Å². The molecule has 0 bridgehead atoms. The highest BCUT2D eigenvalue weighted by atomic mass is 16.5. The summed E-state index contributed by atoms with van der Waals surface area (Å²) in [5.41, 5.74) is 3.77. The first-order valence-corrected chi connectivity index (χ1v) is 10.5. The molecule has 0 fully saturated rings. The average molecular weight is 404 g/mol. The zero-order valence-corrected chi connectivity index (χ0v) is 17.9. The van der Waals surface area contributed by atoms with E-state index >= 15 is 0 Å². The molecule has 4 nitrogen and oxygen atoms in total. The van der Waals surface area contributed by atoms with Crippen molar-refractivity contribution in [3.63, 3.8) is 0 Å². The number of benzene rings is 3. The molecule has 0 unspecified atom stereocenters. The van der Waals surface area contributed by atoms with E-state index in [0.29, 0.717) is 18.8 Å². The van der Waals surface area contributed by atoms with Gasteiger partial charge in [0, 0.05) is 17.2 Å². The molecule has 1 amide bonds. The summed E-state index contributed by atoms with van der Waals surface area (Å²) < 4.78 is 11.7. The SMILES string of the molecule is CCOc1ccc(C(=O)N[C@H](C)CC)cc1COc1ccc(-c2ccccc2)cc1. The Labute approximate surface area is 178 Å². The van der Waals surface area contributed by atoms with Crippen LogP contribution in [-0.4, -0.2) is 18.6 Å². The second kappa shape index (κ2) is 10.5. The summed E-state index contributed by atoms with van der Waals surface area (Å²) in [6, 6.07) is 23.9. The minimum atomic E-state index is -0.0825. The Bertz CT molecular complexity index is 952. The molecule has 30 heavy (non-hydrogen) atoms. The highest BCUT2D eigenvalue weighted by Crippen LogP contribution is 2.25.